The molecule has 2 rings (SSSR count). The van der Waals surface area contributed by atoms with Crippen LogP contribution in [0.5, 0.6) is 17.4 Å². The average Bonchev–Trinajstić information content (AvgIpc) is 2.32. The monoisotopic (exact) mass is 294 g/mol. The molecule has 17 heavy (non-hydrogen) atoms. The van der Waals surface area contributed by atoms with Crippen molar-refractivity contribution >= 4 is 15.9 Å². The third-order valence-corrected chi connectivity index (χ3v) is 2.58. The minimum absolute atomic E-state index is 0.484. The van der Waals surface area contributed by atoms with Gasteiger partial charge in [0.25, 0.3) is 0 Å². The van der Waals surface area contributed by atoms with Gasteiger partial charge in [0.1, 0.15) is 11.5 Å². The molecule has 1 aromatic heterocycles. The van der Waals surface area contributed by atoms with E-state index in [1.54, 1.807) is 19.4 Å². The van der Waals surface area contributed by atoms with E-state index in [9.17, 15) is 0 Å². The SMILES string of the molecule is COc1cc(Oc2ccnc(Br)n2)ccc1C. The second-order valence-corrected chi connectivity index (χ2v) is 4.11. The maximum atomic E-state index is 5.60. The molecule has 0 aliphatic carbocycles. The number of hydrogen-bond acceptors (Lipinski definition) is 4. The Bertz CT molecular complexity index is 532. The Morgan fingerprint density at radius 2 is 2.06 bits per heavy atom. The van der Waals surface area contributed by atoms with Crippen LogP contribution in [0.4, 0.5) is 0 Å². The molecule has 0 amide bonds. The highest BCUT2D eigenvalue weighted by Gasteiger charge is 2.03. The summed E-state index contributed by atoms with van der Waals surface area (Å²) in [6.07, 6.45) is 1.62. The van der Waals surface area contributed by atoms with Gasteiger partial charge in [0.2, 0.25) is 5.88 Å². The standard InChI is InChI=1S/C12H11BrN2O2/c1-8-3-4-9(7-10(8)16-2)17-11-5-6-14-12(13)15-11/h3-7H,1-2H3. The Kier molecular flexibility index (Phi) is 3.58. The number of rotatable bonds is 3. The molecule has 0 spiro atoms. The Labute approximate surface area is 108 Å². The smallest absolute Gasteiger partial charge is 0.223 e. The molecule has 0 N–H and O–H groups in total. The van der Waals surface area contributed by atoms with E-state index >= 15 is 0 Å². The van der Waals surface area contributed by atoms with Crippen LogP contribution in [0, 0.1) is 6.92 Å². The van der Waals surface area contributed by atoms with Crippen molar-refractivity contribution < 1.29 is 9.47 Å². The first-order valence-electron chi connectivity index (χ1n) is 5.00. The summed E-state index contributed by atoms with van der Waals surface area (Å²) in [4.78, 5) is 8.02. The van der Waals surface area contributed by atoms with E-state index in [0.717, 1.165) is 11.3 Å². The van der Waals surface area contributed by atoms with Gasteiger partial charge in [-0.25, -0.2) is 4.98 Å². The number of benzene rings is 1. The summed E-state index contributed by atoms with van der Waals surface area (Å²) in [5.74, 6) is 1.95. The molecule has 0 unspecified atom stereocenters. The highest BCUT2D eigenvalue weighted by Crippen LogP contribution is 2.27. The normalized spacial score (nSPS) is 10.1. The fraction of sp³-hybridized carbons (Fsp3) is 0.167. The van der Waals surface area contributed by atoms with E-state index in [1.807, 2.05) is 25.1 Å². The molecule has 0 aliphatic rings. The lowest BCUT2D eigenvalue weighted by Gasteiger charge is -2.08. The molecule has 0 radical (unpaired) electrons. The Hall–Kier alpha value is -1.62. The van der Waals surface area contributed by atoms with Gasteiger partial charge in [-0.2, -0.15) is 4.98 Å². The zero-order chi connectivity index (χ0) is 12.3. The second-order valence-electron chi connectivity index (χ2n) is 3.40. The minimum atomic E-state index is 0.484. The van der Waals surface area contributed by atoms with Crippen LogP contribution in [0.1, 0.15) is 5.56 Å². The minimum Gasteiger partial charge on any atom is -0.496 e. The number of aromatic nitrogens is 2. The van der Waals surface area contributed by atoms with Crippen molar-refractivity contribution in [2.75, 3.05) is 7.11 Å². The lowest BCUT2D eigenvalue weighted by Crippen LogP contribution is -1.92. The summed E-state index contributed by atoms with van der Waals surface area (Å²) < 4.78 is 11.3. The molecule has 0 aliphatic heterocycles. The highest BCUT2D eigenvalue weighted by atomic mass is 79.9. The van der Waals surface area contributed by atoms with Crippen molar-refractivity contribution in [2.24, 2.45) is 0 Å². The lowest BCUT2D eigenvalue weighted by atomic mass is 10.2. The molecule has 1 aromatic carbocycles. The van der Waals surface area contributed by atoms with Crippen LogP contribution in [-0.4, -0.2) is 17.1 Å². The molecular weight excluding hydrogens is 284 g/mol. The third kappa shape index (κ3) is 2.94. The maximum absolute atomic E-state index is 5.60. The molecule has 0 bridgehead atoms. The Morgan fingerprint density at radius 3 is 2.76 bits per heavy atom. The van der Waals surface area contributed by atoms with Gasteiger partial charge in [-0.3, -0.25) is 0 Å². The molecule has 88 valence electrons. The van der Waals surface area contributed by atoms with Crippen LogP contribution in [0.25, 0.3) is 0 Å². The van der Waals surface area contributed by atoms with Crippen molar-refractivity contribution in [3.63, 3.8) is 0 Å². The van der Waals surface area contributed by atoms with Crippen molar-refractivity contribution in [3.8, 4) is 17.4 Å². The fourth-order valence-corrected chi connectivity index (χ4v) is 1.65. The van der Waals surface area contributed by atoms with Crippen LogP contribution < -0.4 is 9.47 Å². The molecule has 0 fully saturated rings. The molecular formula is C12H11BrN2O2. The van der Waals surface area contributed by atoms with Gasteiger partial charge in [0.15, 0.2) is 4.73 Å². The van der Waals surface area contributed by atoms with Crippen LogP contribution >= 0.6 is 15.9 Å². The summed E-state index contributed by atoms with van der Waals surface area (Å²) in [7, 11) is 1.63. The highest BCUT2D eigenvalue weighted by molar-refractivity contribution is 9.10. The largest absolute Gasteiger partial charge is 0.496 e. The van der Waals surface area contributed by atoms with E-state index in [-0.39, 0.29) is 0 Å². The molecule has 2 aromatic rings. The quantitative estimate of drug-likeness (QED) is 0.815. The van der Waals surface area contributed by atoms with Crippen LogP contribution in [0.2, 0.25) is 0 Å². The topological polar surface area (TPSA) is 44.2 Å². The van der Waals surface area contributed by atoms with E-state index in [2.05, 4.69) is 25.9 Å². The van der Waals surface area contributed by atoms with Crippen molar-refractivity contribution in [1.82, 2.24) is 9.97 Å². The Balaban J connectivity index is 2.24. The van der Waals surface area contributed by atoms with E-state index in [4.69, 9.17) is 9.47 Å². The van der Waals surface area contributed by atoms with Crippen LogP contribution in [0.3, 0.4) is 0 Å². The van der Waals surface area contributed by atoms with Gasteiger partial charge in [0.05, 0.1) is 7.11 Å². The predicted molar refractivity (Wildman–Crippen MR) is 67.5 cm³/mol. The molecule has 0 saturated heterocycles. The first kappa shape index (κ1) is 11.9. The number of halogens is 1. The van der Waals surface area contributed by atoms with E-state index < -0.39 is 0 Å². The molecule has 4 nitrogen and oxygen atoms in total. The van der Waals surface area contributed by atoms with Gasteiger partial charge in [-0.1, -0.05) is 6.07 Å². The number of aryl methyl sites for hydroxylation is 1. The van der Waals surface area contributed by atoms with Gasteiger partial charge >= 0.3 is 0 Å². The van der Waals surface area contributed by atoms with Crippen LogP contribution in [0.15, 0.2) is 35.2 Å². The van der Waals surface area contributed by atoms with E-state index in [1.165, 1.54) is 0 Å². The summed E-state index contributed by atoms with van der Waals surface area (Å²) in [5.41, 5.74) is 1.06. The zero-order valence-corrected chi connectivity index (χ0v) is 11.1. The first-order chi connectivity index (χ1) is 8.19. The predicted octanol–water partition coefficient (Wildman–Crippen LogP) is 3.35. The lowest BCUT2D eigenvalue weighted by molar-refractivity contribution is 0.404. The second kappa shape index (κ2) is 5.14. The number of nitrogens with zero attached hydrogens (tertiary/aromatic N) is 2. The third-order valence-electron chi connectivity index (χ3n) is 2.20. The maximum Gasteiger partial charge on any atom is 0.223 e. The van der Waals surface area contributed by atoms with E-state index in [0.29, 0.717) is 16.4 Å². The zero-order valence-electron chi connectivity index (χ0n) is 9.48. The van der Waals surface area contributed by atoms with Crippen molar-refractivity contribution in [1.29, 1.82) is 0 Å². The van der Waals surface area contributed by atoms with Crippen molar-refractivity contribution in [2.45, 2.75) is 6.92 Å². The first-order valence-corrected chi connectivity index (χ1v) is 5.79. The summed E-state index contributed by atoms with van der Waals surface area (Å²) in [5, 5.41) is 0. The van der Waals surface area contributed by atoms with Gasteiger partial charge in [-0.15, -0.1) is 0 Å². The fourth-order valence-electron chi connectivity index (χ4n) is 1.36. The van der Waals surface area contributed by atoms with Crippen molar-refractivity contribution in [3.05, 3.63) is 40.8 Å². The summed E-state index contributed by atoms with van der Waals surface area (Å²) >= 11 is 3.19. The number of methoxy groups -OCH3 is 1. The summed E-state index contributed by atoms with van der Waals surface area (Å²) in [6, 6.07) is 7.32. The number of hydrogen-bond donors (Lipinski definition) is 0. The van der Waals surface area contributed by atoms with Crippen LogP contribution in [-0.2, 0) is 0 Å². The average molecular weight is 295 g/mol. The molecule has 1 heterocycles. The van der Waals surface area contributed by atoms with Gasteiger partial charge in [0, 0.05) is 18.3 Å². The molecule has 0 atom stereocenters. The Morgan fingerprint density at radius 1 is 1.24 bits per heavy atom. The molecule has 5 heteroatoms. The summed E-state index contributed by atoms with van der Waals surface area (Å²) in [6.45, 7) is 1.98. The molecule has 0 saturated carbocycles. The van der Waals surface area contributed by atoms with Gasteiger partial charge < -0.3 is 9.47 Å². The number of ether oxygens (including phenoxy) is 2. The van der Waals surface area contributed by atoms with Gasteiger partial charge in [-0.05, 0) is 34.5 Å².